The maximum absolute atomic E-state index is 14.9. The monoisotopic (exact) mass is 1490 g/mol. The van der Waals surface area contributed by atoms with Crippen LogP contribution in [-0.2, 0) is 84.8 Å². The van der Waals surface area contributed by atoms with Crippen molar-refractivity contribution in [1.82, 2.24) is 79.1 Å². The molecule has 3 heterocycles. The van der Waals surface area contributed by atoms with Crippen LogP contribution in [0.3, 0.4) is 0 Å². The predicted molar refractivity (Wildman–Crippen MR) is 389 cm³/mol. The summed E-state index contributed by atoms with van der Waals surface area (Å²) in [5.41, 5.74) is 7.82. The molecule has 104 heavy (non-hydrogen) atoms. The van der Waals surface area contributed by atoms with Gasteiger partial charge in [0.1, 0.15) is 66.5 Å². The number of primary amides is 1. The maximum Gasteiger partial charge on any atom is 0.305 e. The molecule has 1 saturated heterocycles. The highest BCUT2D eigenvalue weighted by Gasteiger charge is 2.38. The normalized spacial score (nSPS) is 23.1. The van der Waals surface area contributed by atoms with Crippen LogP contribution in [0, 0.1) is 17.8 Å². The first-order chi connectivity index (χ1) is 48.9. The number of benzene rings is 2. The Morgan fingerprint density at radius 1 is 0.567 bits per heavy atom. The maximum atomic E-state index is 14.9. The highest BCUT2D eigenvalue weighted by molar-refractivity contribution is 8.76. The second-order valence-corrected chi connectivity index (χ2v) is 30.4. The summed E-state index contributed by atoms with van der Waals surface area (Å²) in [5.74, 6) is -17.1. The van der Waals surface area contributed by atoms with Crippen molar-refractivity contribution in [3.63, 3.8) is 0 Å². The molecule has 1 fully saturated rings. The van der Waals surface area contributed by atoms with Gasteiger partial charge in [-0.1, -0.05) is 99.5 Å². The van der Waals surface area contributed by atoms with Gasteiger partial charge < -0.3 is 95.0 Å². The van der Waals surface area contributed by atoms with Crippen LogP contribution in [0.4, 0.5) is 0 Å². The van der Waals surface area contributed by atoms with Crippen molar-refractivity contribution < 1.29 is 82.1 Å². The summed E-state index contributed by atoms with van der Waals surface area (Å²) in [5, 5.41) is 54.9. The van der Waals surface area contributed by atoms with E-state index in [4.69, 9.17) is 5.73 Å². The number of carboxylic acids is 2. The van der Waals surface area contributed by atoms with Crippen LogP contribution in [0.2, 0.25) is 0 Å². The van der Waals surface area contributed by atoms with Crippen molar-refractivity contribution in [2.45, 2.75) is 200 Å². The Kier molecular flexibility index (Phi) is 32.9. The molecule has 570 valence electrons. The smallest absolute Gasteiger partial charge is 0.305 e. The van der Waals surface area contributed by atoms with Crippen LogP contribution in [0.25, 0.3) is 21.8 Å². The Hall–Kier alpha value is -9.77. The molecule has 0 radical (unpaired) electrons. The first-order valence-corrected chi connectivity index (χ1v) is 36.8. The third-order valence-corrected chi connectivity index (χ3v) is 18.9. The molecular formula is C69H100N16O17S2. The first-order valence-electron chi connectivity index (χ1n) is 34.3. The highest BCUT2D eigenvalue weighted by Crippen LogP contribution is 2.25. The molecular weight excluding hydrogens is 1390 g/mol. The number of aromatic nitrogens is 2. The summed E-state index contributed by atoms with van der Waals surface area (Å²) in [7, 11) is 1.73. The molecule has 0 bridgehead atoms. The Bertz CT molecular complexity index is 3730. The van der Waals surface area contributed by atoms with E-state index < -0.39 is 198 Å². The lowest BCUT2D eigenvalue weighted by Crippen LogP contribution is -2.61. The molecule has 0 saturated carbocycles. The van der Waals surface area contributed by atoms with Gasteiger partial charge in [-0.3, -0.25) is 71.9 Å². The van der Waals surface area contributed by atoms with Gasteiger partial charge in [0.2, 0.25) is 76.8 Å². The third kappa shape index (κ3) is 27.8. The van der Waals surface area contributed by atoms with E-state index in [0.717, 1.165) is 28.5 Å². The van der Waals surface area contributed by atoms with Crippen LogP contribution < -0.4 is 74.9 Å². The molecule has 35 heteroatoms. The number of fused-ring (bicyclic) bond motifs is 2. The van der Waals surface area contributed by atoms with E-state index in [9.17, 15) is 82.1 Å². The van der Waals surface area contributed by atoms with Crippen molar-refractivity contribution >= 4 is 132 Å². The fourth-order valence-electron chi connectivity index (χ4n) is 11.1. The summed E-state index contributed by atoms with van der Waals surface area (Å²) >= 11 is 0. The molecule has 0 spiro atoms. The molecule has 5 rings (SSSR count). The minimum absolute atomic E-state index is 0.0117. The zero-order valence-corrected chi connectivity index (χ0v) is 61.9. The predicted octanol–water partition coefficient (Wildman–Crippen LogP) is -0.331. The van der Waals surface area contributed by atoms with E-state index >= 15 is 0 Å². The Morgan fingerprint density at radius 3 is 1.56 bits per heavy atom. The van der Waals surface area contributed by atoms with Gasteiger partial charge in [0.25, 0.3) is 0 Å². The molecule has 33 nitrogen and oxygen atoms in total. The number of nitrogens with one attached hydrogen (secondary N) is 15. The number of nitrogens with two attached hydrogens (primary N) is 1. The van der Waals surface area contributed by atoms with E-state index in [1.807, 2.05) is 20.8 Å². The second kappa shape index (κ2) is 40.3. The van der Waals surface area contributed by atoms with Crippen molar-refractivity contribution in [2.75, 3.05) is 24.6 Å². The number of carbonyl (C=O) groups is 15. The number of para-hydroxylation sites is 2. The van der Waals surface area contributed by atoms with E-state index in [1.165, 1.54) is 6.92 Å². The molecule has 0 aliphatic carbocycles. The number of rotatable bonds is 21. The van der Waals surface area contributed by atoms with Gasteiger partial charge in [-0.25, -0.2) is 0 Å². The van der Waals surface area contributed by atoms with Gasteiger partial charge in [-0.2, -0.15) is 0 Å². The number of H-pyrrole nitrogens is 2. The van der Waals surface area contributed by atoms with Gasteiger partial charge in [0.05, 0.1) is 13.0 Å². The third-order valence-electron chi connectivity index (χ3n) is 16.5. The molecule has 2 aromatic carbocycles. The summed E-state index contributed by atoms with van der Waals surface area (Å²) < 4.78 is 0. The average Bonchev–Trinajstić information content (AvgIpc) is 1.64. The van der Waals surface area contributed by atoms with Crippen molar-refractivity contribution in [3.05, 3.63) is 72.1 Å². The van der Waals surface area contributed by atoms with Gasteiger partial charge >= 0.3 is 11.9 Å². The zero-order valence-electron chi connectivity index (χ0n) is 60.3. The Morgan fingerprint density at radius 2 is 1.05 bits per heavy atom. The lowest BCUT2D eigenvalue weighted by Gasteiger charge is -2.29. The molecule has 19 N–H and O–H groups in total. The van der Waals surface area contributed by atoms with E-state index in [0.29, 0.717) is 32.9 Å². The lowest BCUT2D eigenvalue weighted by molar-refractivity contribution is -0.141. The molecule has 11 atom stereocenters. The van der Waals surface area contributed by atoms with Crippen LogP contribution in [0.15, 0.2) is 60.9 Å². The fraction of sp³-hybridized carbons (Fsp3) is 0.551. The minimum Gasteiger partial charge on any atom is -0.481 e. The summed E-state index contributed by atoms with van der Waals surface area (Å²) in [6, 6.07) is -2.51. The van der Waals surface area contributed by atoms with Crippen LogP contribution in [0.5, 0.6) is 0 Å². The average molecular weight is 1490 g/mol. The van der Waals surface area contributed by atoms with Gasteiger partial charge in [0.15, 0.2) is 0 Å². The van der Waals surface area contributed by atoms with Crippen molar-refractivity contribution in [3.8, 4) is 0 Å². The standard InChI is InChI=1S/C69H100N16O17S2/c1-34(2)24-47-60(94)73-31-54(87)77-45(20-21-55(88)89)61(95)81-48(25-35(3)4)66(100)85-57(36(5)6)68(102)82-50(27-40-30-72-44-19-15-13-17-42(40)44)64(98)83-52(58(70)92)32-103-104-33-53(84-65(99)51(28-56(90)91)76-38(8)86)67(101)75-37(7)59(93)79-49(26-39-29-71-43-18-14-12-16-41(39)43)63(97)78-46(62(96)80-47)22-23-74-69(9,10)11/h12-19,29-30,34-37,45-53,57,71-72,74H,20-28,31-33H2,1-11H3,(H2,70,92)(H,73,94)(H,75,101)(H,76,86)(H,77,87)(H,78,97)(H,79,93)(H,80,96)(H,81,95)(H,82,102)(H,83,98)(H,84,99)(H,85,100)(H,88,89)(H,90,91)/t37-,45-,46-,47-,48-,49-,50-,51-,52-,53-,57-/m0/s1. The van der Waals surface area contributed by atoms with Crippen LogP contribution >= 0.6 is 21.6 Å². The van der Waals surface area contributed by atoms with E-state index in [2.05, 4.69) is 79.1 Å². The molecule has 13 amide bonds. The Balaban J connectivity index is 1.60. The number of aromatic amines is 2. The SMILES string of the molecule is CC(=O)N[C@@H](CC(=O)O)C(=O)N[C@H]1CSSC[C@@H](C(N)=O)NC(=O)[C@H](Cc2c[nH]c3ccccc23)NC(=O)[C@H](C(C)C)NC(=O)[C@H](CC(C)C)NC(=O)[C@H](CCC(=O)O)NC(=O)CNC(=O)[C@H](CC(C)C)NC(=O)[C@H](CCNC(C)(C)C)NC(=O)[C@H](Cc2c[nH]c3ccccc23)NC(=O)[C@H](C)NC1=O. The Labute approximate surface area is 610 Å². The topological polar surface area (TPSA) is 510 Å². The van der Waals surface area contributed by atoms with Crippen molar-refractivity contribution in [2.24, 2.45) is 23.5 Å². The first kappa shape index (κ1) is 84.9. The largest absolute Gasteiger partial charge is 0.481 e. The quantitative estimate of drug-likeness (QED) is 0.0475. The van der Waals surface area contributed by atoms with E-state index in [-0.39, 0.29) is 56.2 Å². The molecule has 1 aliphatic heterocycles. The van der Waals surface area contributed by atoms with Gasteiger partial charge in [-0.15, -0.1) is 0 Å². The molecule has 2 aromatic heterocycles. The molecule has 4 aromatic rings. The summed E-state index contributed by atoms with van der Waals surface area (Å²) in [6.07, 6.45) is 0.610. The molecule has 0 unspecified atom stereocenters. The molecule has 1 aliphatic rings. The minimum atomic E-state index is -1.71. The lowest BCUT2D eigenvalue weighted by atomic mass is 9.98. The number of carboxylic acid groups (broad SMARTS) is 2. The number of hydrogen-bond donors (Lipinski definition) is 18. The fourth-order valence-corrected chi connectivity index (χ4v) is 13.5. The highest BCUT2D eigenvalue weighted by atomic mass is 33.1. The number of carbonyl (C=O) groups excluding carboxylic acids is 13. The second-order valence-electron chi connectivity index (χ2n) is 27.8. The zero-order chi connectivity index (χ0) is 77.3. The van der Waals surface area contributed by atoms with Gasteiger partial charge in [-0.05, 0) is 101 Å². The number of aliphatic carboxylic acids is 2. The summed E-state index contributed by atoms with van der Waals surface area (Å²) in [6.45, 7) is 17.4. The van der Waals surface area contributed by atoms with Crippen LogP contribution in [-0.4, -0.2) is 206 Å². The van der Waals surface area contributed by atoms with Crippen LogP contribution in [0.1, 0.15) is 126 Å². The van der Waals surface area contributed by atoms with E-state index in [1.54, 1.807) is 102 Å². The summed E-state index contributed by atoms with van der Waals surface area (Å²) in [4.78, 5) is 214. The van der Waals surface area contributed by atoms with Gasteiger partial charge in [0, 0.05) is 77.4 Å². The number of hydrogen-bond acceptors (Lipinski definition) is 18. The van der Waals surface area contributed by atoms with Crippen molar-refractivity contribution in [1.29, 1.82) is 0 Å². The number of amides is 13.